The number of hydrogen-bond acceptors (Lipinski definition) is 4. The number of nitrogens with two attached hydrogens (primary N) is 1. The molecule has 0 fully saturated rings. The first kappa shape index (κ1) is 16.8. The summed E-state index contributed by atoms with van der Waals surface area (Å²) in [6, 6.07) is 7.47. The van der Waals surface area contributed by atoms with Crippen LogP contribution in [0.3, 0.4) is 0 Å². The van der Waals surface area contributed by atoms with Crippen molar-refractivity contribution in [1.29, 1.82) is 0 Å². The number of anilines is 1. The van der Waals surface area contributed by atoms with Crippen LogP contribution in [-0.4, -0.2) is 18.2 Å². The quantitative estimate of drug-likeness (QED) is 0.883. The predicted octanol–water partition coefficient (Wildman–Crippen LogP) is 3.77. The summed E-state index contributed by atoms with van der Waals surface area (Å²) in [5.41, 5.74) is 9.03. The molecular weight excluding hydrogens is 292 g/mol. The highest BCUT2D eigenvalue weighted by Gasteiger charge is 2.15. The summed E-state index contributed by atoms with van der Waals surface area (Å²) in [6.07, 6.45) is 0. The molecule has 5 heteroatoms. The van der Waals surface area contributed by atoms with E-state index >= 15 is 0 Å². The van der Waals surface area contributed by atoms with Crippen LogP contribution in [0.4, 0.5) is 5.69 Å². The topological polar surface area (TPSA) is 49.5 Å². The van der Waals surface area contributed by atoms with Crippen molar-refractivity contribution in [1.82, 2.24) is 0 Å². The summed E-state index contributed by atoms with van der Waals surface area (Å²) in [7, 11) is 0. The van der Waals surface area contributed by atoms with Crippen LogP contribution in [0.5, 0.6) is 5.75 Å². The third kappa shape index (κ3) is 3.45. The molecule has 1 atom stereocenters. The molecule has 0 amide bonds. The van der Waals surface area contributed by atoms with Gasteiger partial charge in [-0.15, -0.1) is 12.4 Å². The Balaban J connectivity index is 0.00000200. The highest BCUT2D eigenvalue weighted by Crippen LogP contribution is 2.31. The fourth-order valence-corrected chi connectivity index (χ4v) is 2.91. The van der Waals surface area contributed by atoms with Crippen molar-refractivity contribution in [2.24, 2.45) is 5.73 Å². The van der Waals surface area contributed by atoms with Gasteiger partial charge in [0.25, 0.3) is 0 Å². The molecular formula is C15H21ClN2OS. The van der Waals surface area contributed by atoms with Gasteiger partial charge in [-0.1, -0.05) is 6.07 Å². The Labute approximate surface area is 130 Å². The molecule has 1 heterocycles. The van der Waals surface area contributed by atoms with E-state index < -0.39 is 0 Å². The number of rotatable bonds is 5. The Kier molecular flexibility index (Phi) is 6.33. The smallest absolute Gasteiger partial charge is 0.122 e. The van der Waals surface area contributed by atoms with Gasteiger partial charge in [-0.05, 0) is 42.3 Å². The Bertz CT molecular complexity index is 527. The fraction of sp³-hybridized carbons (Fsp3) is 0.333. The number of halogens is 1. The molecule has 0 aliphatic carbocycles. The molecule has 0 spiro atoms. The Morgan fingerprint density at radius 2 is 1.95 bits per heavy atom. The lowest BCUT2D eigenvalue weighted by Gasteiger charge is -2.22. The van der Waals surface area contributed by atoms with Crippen molar-refractivity contribution in [3.63, 3.8) is 0 Å². The molecule has 0 radical (unpaired) electrons. The van der Waals surface area contributed by atoms with Gasteiger partial charge in [-0.25, -0.2) is 0 Å². The lowest BCUT2D eigenvalue weighted by molar-refractivity contribution is 0.465. The lowest BCUT2D eigenvalue weighted by atomic mass is 10.0. The molecule has 0 aliphatic rings. The molecule has 0 saturated heterocycles. The molecule has 1 aromatic heterocycles. The van der Waals surface area contributed by atoms with Crippen molar-refractivity contribution in [2.45, 2.75) is 19.9 Å². The van der Waals surface area contributed by atoms with E-state index in [0.29, 0.717) is 0 Å². The van der Waals surface area contributed by atoms with Crippen molar-refractivity contribution in [3.8, 4) is 5.75 Å². The van der Waals surface area contributed by atoms with Crippen LogP contribution in [-0.2, 0) is 0 Å². The van der Waals surface area contributed by atoms with Crippen LogP contribution in [0, 0.1) is 0 Å². The minimum Gasteiger partial charge on any atom is -0.508 e. The number of aromatic hydroxyl groups is 1. The maximum Gasteiger partial charge on any atom is 0.122 e. The molecule has 1 aromatic carbocycles. The number of benzene rings is 1. The summed E-state index contributed by atoms with van der Waals surface area (Å²) in [5.74, 6) is 0.267. The van der Waals surface area contributed by atoms with Crippen LogP contribution >= 0.6 is 23.7 Å². The van der Waals surface area contributed by atoms with Crippen molar-refractivity contribution >= 4 is 29.4 Å². The van der Waals surface area contributed by atoms with E-state index in [-0.39, 0.29) is 24.2 Å². The number of thiophene rings is 1. The molecule has 2 rings (SSSR count). The van der Waals surface area contributed by atoms with Gasteiger partial charge < -0.3 is 15.7 Å². The van der Waals surface area contributed by atoms with E-state index in [2.05, 4.69) is 18.7 Å². The zero-order chi connectivity index (χ0) is 13.8. The van der Waals surface area contributed by atoms with Crippen LogP contribution in [0.25, 0.3) is 0 Å². The molecule has 3 N–H and O–H groups in total. The van der Waals surface area contributed by atoms with E-state index in [0.717, 1.165) is 29.9 Å². The van der Waals surface area contributed by atoms with Crippen LogP contribution < -0.4 is 10.6 Å². The van der Waals surface area contributed by atoms with E-state index in [1.54, 1.807) is 17.4 Å². The number of phenols is 1. The third-order valence-electron chi connectivity index (χ3n) is 3.38. The third-order valence-corrected chi connectivity index (χ3v) is 4.08. The molecule has 20 heavy (non-hydrogen) atoms. The van der Waals surface area contributed by atoms with Crippen LogP contribution in [0.2, 0.25) is 0 Å². The van der Waals surface area contributed by atoms with Gasteiger partial charge in [0.15, 0.2) is 0 Å². The zero-order valence-electron chi connectivity index (χ0n) is 11.7. The van der Waals surface area contributed by atoms with Gasteiger partial charge >= 0.3 is 0 Å². The predicted molar refractivity (Wildman–Crippen MR) is 89.3 cm³/mol. The summed E-state index contributed by atoms with van der Waals surface area (Å²) >= 11 is 1.61. The first-order valence-corrected chi connectivity index (χ1v) is 7.47. The van der Waals surface area contributed by atoms with Crippen molar-refractivity contribution in [2.75, 3.05) is 18.0 Å². The highest BCUT2D eigenvalue weighted by molar-refractivity contribution is 7.08. The van der Waals surface area contributed by atoms with Crippen LogP contribution in [0.15, 0.2) is 35.0 Å². The van der Waals surface area contributed by atoms with Gasteiger partial charge in [0.2, 0.25) is 0 Å². The summed E-state index contributed by atoms with van der Waals surface area (Å²) in [5, 5.41) is 14.2. The van der Waals surface area contributed by atoms with Crippen molar-refractivity contribution in [3.05, 3.63) is 46.2 Å². The second kappa shape index (κ2) is 7.53. The number of hydrogen-bond donors (Lipinski definition) is 2. The minimum absolute atomic E-state index is 0. The molecule has 0 aliphatic heterocycles. The second-order valence-electron chi connectivity index (χ2n) is 4.45. The first-order valence-electron chi connectivity index (χ1n) is 6.52. The fourth-order valence-electron chi connectivity index (χ4n) is 2.21. The summed E-state index contributed by atoms with van der Waals surface area (Å²) < 4.78 is 0. The van der Waals surface area contributed by atoms with E-state index in [1.807, 2.05) is 29.0 Å². The van der Waals surface area contributed by atoms with Gasteiger partial charge in [-0.2, -0.15) is 11.3 Å². The molecule has 0 unspecified atom stereocenters. The Hall–Kier alpha value is -1.23. The maximum atomic E-state index is 10.2. The first-order chi connectivity index (χ1) is 9.17. The number of phenolic OH excluding ortho intramolecular Hbond substituents is 1. The van der Waals surface area contributed by atoms with Gasteiger partial charge in [-0.3, -0.25) is 0 Å². The monoisotopic (exact) mass is 312 g/mol. The maximum absolute atomic E-state index is 10.2. The van der Waals surface area contributed by atoms with Gasteiger partial charge in [0.1, 0.15) is 5.75 Å². The molecule has 110 valence electrons. The van der Waals surface area contributed by atoms with Gasteiger partial charge in [0, 0.05) is 30.4 Å². The SMILES string of the molecule is CCN(CC)c1ccc([C@@H](N)c2ccsc2)c(O)c1.Cl. The normalized spacial score (nSPS) is 11.8. The Morgan fingerprint density at radius 1 is 1.25 bits per heavy atom. The molecule has 0 bridgehead atoms. The largest absolute Gasteiger partial charge is 0.508 e. The van der Waals surface area contributed by atoms with Crippen molar-refractivity contribution < 1.29 is 5.11 Å². The van der Waals surface area contributed by atoms with E-state index in [4.69, 9.17) is 5.73 Å². The van der Waals surface area contributed by atoms with Gasteiger partial charge in [0.05, 0.1) is 6.04 Å². The standard InChI is InChI=1S/C15H20N2OS.ClH/c1-3-17(4-2)12-5-6-13(14(18)9-12)15(16)11-7-8-19-10-11;/h5-10,15,18H,3-4,16H2,1-2H3;1H/t15-;/m0./s1. The lowest BCUT2D eigenvalue weighted by Crippen LogP contribution is -2.21. The van der Waals surface area contributed by atoms with E-state index in [9.17, 15) is 5.11 Å². The van der Waals surface area contributed by atoms with Crippen LogP contribution in [0.1, 0.15) is 31.0 Å². The molecule has 3 nitrogen and oxygen atoms in total. The molecule has 0 saturated carbocycles. The highest BCUT2D eigenvalue weighted by atomic mass is 35.5. The zero-order valence-corrected chi connectivity index (χ0v) is 13.4. The number of nitrogens with zero attached hydrogens (tertiary/aromatic N) is 1. The average Bonchev–Trinajstić information content (AvgIpc) is 2.93. The molecule has 2 aromatic rings. The summed E-state index contributed by atoms with van der Waals surface area (Å²) in [6.45, 7) is 6.05. The average molecular weight is 313 g/mol. The minimum atomic E-state index is -0.267. The van der Waals surface area contributed by atoms with E-state index in [1.165, 1.54) is 0 Å². The Morgan fingerprint density at radius 3 is 2.45 bits per heavy atom. The summed E-state index contributed by atoms with van der Waals surface area (Å²) in [4.78, 5) is 2.19. The second-order valence-corrected chi connectivity index (χ2v) is 5.23.